The van der Waals surface area contributed by atoms with Crippen LogP contribution in [0.2, 0.25) is 0 Å². The van der Waals surface area contributed by atoms with Crippen LogP contribution in [0.5, 0.6) is 0 Å². The molecule has 1 aliphatic rings. The molecule has 1 atom stereocenters. The molecule has 2 aromatic rings. The van der Waals surface area contributed by atoms with Crippen molar-refractivity contribution in [3.63, 3.8) is 0 Å². The molecule has 0 spiro atoms. The quantitative estimate of drug-likeness (QED) is 0.749. The zero-order valence-electron chi connectivity index (χ0n) is 14.8. The normalized spacial score (nSPS) is 20.5. The summed E-state index contributed by atoms with van der Waals surface area (Å²) in [5.41, 5.74) is -1.34. The average Bonchev–Trinajstić information content (AvgIpc) is 3.16. The Hall–Kier alpha value is -2.34. The number of hydrogen-bond donors (Lipinski definition) is 2. The van der Waals surface area contributed by atoms with E-state index in [1.165, 1.54) is 47.9 Å². The van der Waals surface area contributed by atoms with Gasteiger partial charge in [0.05, 0.1) is 24.3 Å². The standard InChI is InChI=1S/C17H18FN3O5S2/c1-17(19-16(23)13-4-2-3-5-14(13)18)11-21(7-8-26-17)28(24,25)20-15(22)12-6-9-27-10-12/h2-6,9-10H,7-8,11H2,1H3,(H,19,23)(H,20,22). The van der Waals surface area contributed by atoms with E-state index >= 15 is 0 Å². The van der Waals surface area contributed by atoms with Crippen molar-refractivity contribution in [3.05, 3.63) is 58.0 Å². The molecule has 0 bridgehead atoms. The summed E-state index contributed by atoms with van der Waals surface area (Å²) in [4.78, 5) is 24.4. The summed E-state index contributed by atoms with van der Waals surface area (Å²) in [5, 5.41) is 5.71. The van der Waals surface area contributed by atoms with E-state index < -0.39 is 33.6 Å². The maximum Gasteiger partial charge on any atom is 0.304 e. The first-order chi connectivity index (χ1) is 13.2. The Kier molecular flexibility index (Phi) is 5.79. The first kappa shape index (κ1) is 20.4. The summed E-state index contributed by atoms with van der Waals surface area (Å²) in [6.07, 6.45) is 0. The first-order valence-corrected chi connectivity index (χ1v) is 10.6. The van der Waals surface area contributed by atoms with E-state index in [0.29, 0.717) is 0 Å². The number of carbonyl (C=O) groups excluding carboxylic acids is 2. The van der Waals surface area contributed by atoms with E-state index in [0.717, 1.165) is 10.4 Å². The molecule has 150 valence electrons. The summed E-state index contributed by atoms with van der Waals surface area (Å²) in [6, 6.07) is 6.93. The minimum Gasteiger partial charge on any atom is -0.353 e. The molecule has 1 aliphatic heterocycles. The Bertz CT molecular complexity index is 980. The minimum absolute atomic E-state index is 0.00257. The summed E-state index contributed by atoms with van der Waals surface area (Å²) in [5.74, 6) is -2.18. The average molecular weight is 427 g/mol. The predicted octanol–water partition coefficient (Wildman–Crippen LogP) is 1.34. The third-order valence-electron chi connectivity index (χ3n) is 4.08. The van der Waals surface area contributed by atoms with Crippen LogP contribution in [-0.2, 0) is 14.9 Å². The molecule has 3 rings (SSSR count). The number of thiophene rings is 1. The van der Waals surface area contributed by atoms with Gasteiger partial charge in [0.1, 0.15) is 5.82 Å². The van der Waals surface area contributed by atoms with Gasteiger partial charge in [0, 0.05) is 11.9 Å². The largest absolute Gasteiger partial charge is 0.353 e. The Morgan fingerprint density at radius 1 is 1.25 bits per heavy atom. The zero-order chi connectivity index (χ0) is 20.4. The van der Waals surface area contributed by atoms with Gasteiger partial charge < -0.3 is 10.1 Å². The predicted molar refractivity (Wildman–Crippen MR) is 101 cm³/mol. The van der Waals surface area contributed by atoms with Crippen molar-refractivity contribution in [1.82, 2.24) is 14.3 Å². The molecule has 2 N–H and O–H groups in total. The molecule has 11 heteroatoms. The van der Waals surface area contributed by atoms with Crippen molar-refractivity contribution in [3.8, 4) is 0 Å². The lowest BCUT2D eigenvalue weighted by molar-refractivity contribution is -0.0918. The second-order valence-electron chi connectivity index (χ2n) is 6.30. The Morgan fingerprint density at radius 2 is 2.00 bits per heavy atom. The van der Waals surface area contributed by atoms with Gasteiger partial charge >= 0.3 is 10.2 Å². The van der Waals surface area contributed by atoms with Gasteiger partial charge in [-0.05, 0) is 30.5 Å². The molecule has 1 fully saturated rings. The molecule has 8 nitrogen and oxygen atoms in total. The molecule has 28 heavy (non-hydrogen) atoms. The smallest absolute Gasteiger partial charge is 0.304 e. The SMILES string of the molecule is CC1(NC(=O)c2ccccc2F)CN(S(=O)(=O)NC(=O)c2ccsc2)CCO1. The Balaban J connectivity index is 1.71. The van der Waals surface area contributed by atoms with Gasteiger partial charge in [0.15, 0.2) is 5.72 Å². The number of morpholine rings is 1. The van der Waals surface area contributed by atoms with Gasteiger partial charge in [0.2, 0.25) is 0 Å². The van der Waals surface area contributed by atoms with E-state index in [9.17, 15) is 22.4 Å². The molecule has 0 saturated carbocycles. The van der Waals surface area contributed by atoms with Crippen LogP contribution in [0.4, 0.5) is 4.39 Å². The molecule has 2 amide bonds. The zero-order valence-corrected chi connectivity index (χ0v) is 16.5. The lowest BCUT2D eigenvalue weighted by Crippen LogP contribution is -2.62. The molecule has 1 aromatic heterocycles. The molecule has 1 unspecified atom stereocenters. The van der Waals surface area contributed by atoms with E-state index in [2.05, 4.69) is 5.32 Å². The number of rotatable bonds is 5. The molecule has 1 saturated heterocycles. The summed E-state index contributed by atoms with van der Waals surface area (Å²) in [7, 11) is -4.16. The number of nitrogens with zero attached hydrogens (tertiary/aromatic N) is 1. The highest BCUT2D eigenvalue weighted by molar-refractivity contribution is 7.87. The Labute approximate surface area is 165 Å². The molecular weight excluding hydrogens is 409 g/mol. The highest BCUT2D eigenvalue weighted by Gasteiger charge is 2.39. The number of carbonyl (C=O) groups is 2. The monoisotopic (exact) mass is 427 g/mol. The molecule has 1 aromatic carbocycles. The lowest BCUT2D eigenvalue weighted by Gasteiger charge is -2.39. The van der Waals surface area contributed by atoms with Crippen molar-refractivity contribution in [2.45, 2.75) is 12.6 Å². The van der Waals surface area contributed by atoms with E-state index in [1.54, 1.807) is 5.38 Å². The van der Waals surface area contributed by atoms with Crippen molar-refractivity contribution in [2.75, 3.05) is 19.7 Å². The van der Waals surface area contributed by atoms with Gasteiger partial charge in [-0.3, -0.25) is 9.59 Å². The second-order valence-corrected chi connectivity index (χ2v) is 8.75. The van der Waals surface area contributed by atoms with Crippen LogP contribution in [0.25, 0.3) is 0 Å². The number of ether oxygens (including phenoxy) is 1. The number of amides is 2. The summed E-state index contributed by atoms with van der Waals surface area (Å²) < 4.78 is 47.5. The number of halogens is 1. The van der Waals surface area contributed by atoms with Crippen molar-refractivity contribution in [1.29, 1.82) is 0 Å². The van der Waals surface area contributed by atoms with Crippen molar-refractivity contribution < 1.29 is 27.1 Å². The number of nitrogens with one attached hydrogen (secondary N) is 2. The second kappa shape index (κ2) is 7.95. The molecule has 0 aliphatic carbocycles. The van der Waals surface area contributed by atoms with E-state index in [1.807, 2.05) is 4.72 Å². The fourth-order valence-corrected chi connectivity index (χ4v) is 4.55. The van der Waals surface area contributed by atoms with Crippen molar-refractivity contribution >= 4 is 33.4 Å². The fraction of sp³-hybridized carbons (Fsp3) is 0.294. The van der Waals surface area contributed by atoms with E-state index in [4.69, 9.17) is 4.74 Å². The minimum atomic E-state index is -4.16. The molecule has 2 heterocycles. The van der Waals surface area contributed by atoms with Crippen LogP contribution < -0.4 is 10.0 Å². The lowest BCUT2D eigenvalue weighted by atomic mass is 10.1. The van der Waals surface area contributed by atoms with Crippen LogP contribution in [-0.4, -0.2) is 50.0 Å². The van der Waals surface area contributed by atoms with Gasteiger partial charge in [-0.2, -0.15) is 24.1 Å². The van der Waals surface area contributed by atoms with Crippen LogP contribution >= 0.6 is 11.3 Å². The van der Waals surface area contributed by atoms with Gasteiger partial charge in [-0.1, -0.05) is 12.1 Å². The maximum atomic E-state index is 13.8. The number of benzene rings is 1. The third-order valence-corrected chi connectivity index (χ3v) is 6.20. The highest BCUT2D eigenvalue weighted by Crippen LogP contribution is 2.19. The summed E-state index contributed by atoms with van der Waals surface area (Å²) in [6.45, 7) is 1.21. The van der Waals surface area contributed by atoms with Crippen LogP contribution in [0.1, 0.15) is 27.6 Å². The first-order valence-electron chi connectivity index (χ1n) is 8.26. The van der Waals surface area contributed by atoms with Crippen LogP contribution in [0.15, 0.2) is 41.1 Å². The maximum absolute atomic E-state index is 13.8. The van der Waals surface area contributed by atoms with Gasteiger partial charge in [0.25, 0.3) is 11.8 Å². The fourth-order valence-electron chi connectivity index (χ4n) is 2.70. The molecule has 0 radical (unpaired) electrons. The highest BCUT2D eigenvalue weighted by atomic mass is 32.2. The Morgan fingerprint density at radius 3 is 2.68 bits per heavy atom. The van der Waals surface area contributed by atoms with Gasteiger partial charge in [-0.15, -0.1) is 0 Å². The topological polar surface area (TPSA) is 105 Å². The molecular formula is C17H18FN3O5S2. The summed E-state index contributed by atoms with van der Waals surface area (Å²) >= 11 is 1.27. The number of hydrogen-bond acceptors (Lipinski definition) is 6. The van der Waals surface area contributed by atoms with Crippen LogP contribution in [0, 0.1) is 5.82 Å². The van der Waals surface area contributed by atoms with E-state index in [-0.39, 0.29) is 30.8 Å². The van der Waals surface area contributed by atoms with Gasteiger partial charge in [-0.25, -0.2) is 9.11 Å². The van der Waals surface area contributed by atoms with Crippen LogP contribution in [0.3, 0.4) is 0 Å². The van der Waals surface area contributed by atoms with Crippen molar-refractivity contribution in [2.24, 2.45) is 0 Å². The third kappa shape index (κ3) is 4.55.